The third-order valence-electron chi connectivity index (χ3n) is 6.22. The number of nitrogens with one attached hydrogen (secondary N) is 1. The smallest absolute Gasteiger partial charge is 0.232 e. The van der Waals surface area contributed by atoms with Gasteiger partial charge >= 0.3 is 0 Å². The first-order chi connectivity index (χ1) is 16.5. The van der Waals surface area contributed by atoms with Crippen molar-refractivity contribution in [2.24, 2.45) is 0 Å². The molecule has 1 amide bonds. The fourth-order valence-electron chi connectivity index (χ4n) is 4.12. The van der Waals surface area contributed by atoms with Crippen LogP contribution in [0.25, 0.3) is 15.8 Å². The number of para-hydroxylation sites is 1. The van der Waals surface area contributed by atoms with Crippen LogP contribution in [0.3, 0.4) is 0 Å². The molecule has 4 rings (SSSR count). The van der Waals surface area contributed by atoms with E-state index in [-0.39, 0.29) is 11.7 Å². The summed E-state index contributed by atoms with van der Waals surface area (Å²) in [6.45, 7) is 1.93. The average molecular weight is 511 g/mol. The predicted molar refractivity (Wildman–Crippen MR) is 144 cm³/mol. The van der Waals surface area contributed by atoms with E-state index >= 15 is 0 Å². The number of hydrogen-bond acceptors (Lipinski definition) is 6. The van der Waals surface area contributed by atoms with Crippen molar-refractivity contribution in [3.05, 3.63) is 63.1 Å². The van der Waals surface area contributed by atoms with Crippen molar-refractivity contribution < 1.29 is 4.79 Å². The lowest BCUT2D eigenvalue weighted by molar-refractivity contribution is -0.129. The van der Waals surface area contributed by atoms with Crippen molar-refractivity contribution in [1.82, 2.24) is 9.88 Å². The summed E-state index contributed by atoms with van der Waals surface area (Å²) in [5.41, 5.74) is 2.97. The van der Waals surface area contributed by atoms with Crippen molar-refractivity contribution in [3.8, 4) is 6.07 Å². The second-order valence-corrected chi connectivity index (χ2v) is 10.8. The van der Waals surface area contributed by atoms with Gasteiger partial charge in [-0.25, -0.2) is 4.98 Å². The molecule has 0 atom stereocenters. The third-order valence-corrected chi connectivity index (χ3v) is 8.67. The first kappa shape index (κ1) is 24.6. The van der Waals surface area contributed by atoms with Gasteiger partial charge in [-0.3, -0.25) is 4.79 Å². The minimum atomic E-state index is 0.0700. The summed E-state index contributed by atoms with van der Waals surface area (Å²) >= 11 is 9.16. The van der Waals surface area contributed by atoms with Crippen molar-refractivity contribution in [3.63, 3.8) is 0 Å². The lowest BCUT2D eigenvalue weighted by Gasteiger charge is -2.31. The number of aromatic nitrogens is 1. The number of thiazole rings is 1. The molecule has 1 saturated carbocycles. The summed E-state index contributed by atoms with van der Waals surface area (Å²) < 4.78 is 1.02. The fraction of sp³-hybridized carbons (Fsp3) is 0.346. The molecule has 34 heavy (non-hydrogen) atoms. The zero-order valence-corrected chi connectivity index (χ0v) is 21.7. The largest absolute Gasteiger partial charge is 0.349 e. The summed E-state index contributed by atoms with van der Waals surface area (Å²) in [6.07, 6.45) is 5.71. The van der Waals surface area contributed by atoms with E-state index in [0.29, 0.717) is 26.7 Å². The molecule has 0 spiro atoms. The van der Waals surface area contributed by atoms with E-state index in [0.717, 1.165) is 34.3 Å². The van der Waals surface area contributed by atoms with Crippen molar-refractivity contribution in [2.75, 3.05) is 18.1 Å². The van der Waals surface area contributed by atoms with Crippen LogP contribution in [-0.4, -0.2) is 34.6 Å². The van der Waals surface area contributed by atoms with E-state index in [1.54, 1.807) is 0 Å². The number of thioether (sulfide) groups is 1. The highest BCUT2D eigenvalue weighted by atomic mass is 35.5. The Morgan fingerprint density at radius 2 is 2.00 bits per heavy atom. The Bertz CT molecular complexity index is 1220. The minimum Gasteiger partial charge on any atom is -0.349 e. The number of nitrogens with zero attached hydrogens (tertiary/aromatic N) is 3. The highest BCUT2D eigenvalue weighted by Crippen LogP contribution is 2.35. The molecule has 1 aliphatic rings. The van der Waals surface area contributed by atoms with Gasteiger partial charge in [0, 0.05) is 23.8 Å². The van der Waals surface area contributed by atoms with Gasteiger partial charge in [-0.15, -0.1) is 11.3 Å². The van der Waals surface area contributed by atoms with E-state index < -0.39 is 0 Å². The molecule has 8 heteroatoms. The molecule has 0 aliphatic heterocycles. The van der Waals surface area contributed by atoms with Crippen LogP contribution in [0.5, 0.6) is 0 Å². The summed E-state index contributed by atoms with van der Waals surface area (Å²) in [5.74, 6) is 0.311. The average Bonchev–Trinajstić information content (AvgIpc) is 3.29. The number of carbonyl (C=O) groups is 1. The number of anilines is 1. The normalized spacial score (nSPS) is 15.0. The highest BCUT2D eigenvalue weighted by Gasteiger charge is 2.23. The lowest BCUT2D eigenvalue weighted by Crippen LogP contribution is -2.39. The molecule has 1 N–H and O–H groups in total. The number of carbonyl (C=O) groups excluding carboxylic acids is 1. The zero-order chi connectivity index (χ0) is 24.1. The molecule has 1 aromatic heterocycles. The van der Waals surface area contributed by atoms with Gasteiger partial charge in [-0.2, -0.15) is 5.26 Å². The van der Waals surface area contributed by atoms with Crippen molar-refractivity contribution >= 4 is 62.1 Å². The highest BCUT2D eigenvalue weighted by molar-refractivity contribution is 8.04. The minimum absolute atomic E-state index is 0.0700. The molecule has 0 saturated heterocycles. The SMILES string of the molecule is Cc1c(Cl)cccc1NC(SCC(=O)N(C)C1CCCCC1)=C(C#N)c1nc2ccccc2s1. The maximum Gasteiger partial charge on any atom is 0.232 e. The predicted octanol–water partition coefficient (Wildman–Crippen LogP) is 7.09. The van der Waals surface area contributed by atoms with E-state index in [1.165, 1.54) is 42.4 Å². The standard InChI is InChI=1S/C26H27ClN4OS2/c1-17-20(27)11-8-13-21(17)29-25(33-16-24(32)31(2)18-9-4-3-5-10-18)19(15-28)26-30-22-12-6-7-14-23(22)34-26/h6-8,11-14,18,29H,3-5,9-10,16H2,1-2H3. The molecule has 1 aliphatic carbocycles. The molecule has 0 unspecified atom stereocenters. The Morgan fingerprint density at radius 1 is 1.24 bits per heavy atom. The van der Waals surface area contributed by atoms with Gasteiger partial charge in [0.15, 0.2) is 0 Å². The zero-order valence-electron chi connectivity index (χ0n) is 19.3. The quantitative estimate of drug-likeness (QED) is 0.344. The first-order valence-corrected chi connectivity index (χ1v) is 13.6. The summed E-state index contributed by atoms with van der Waals surface area (Å²) in [7, 11) is 1.90. The number of hydrogen-bond donors (Lipinski definition) is 1. The van der Waals surface area contributed by atoms with Gasteiger partial charge < -0.3 is 10.2 Å². The molecular formula is C26H27ClN4OS2. The lowest BCUT2D eigenvalue weighted by atomic mass is 9.94. The Morgan fingerprint density at radius 3 is 2.74 bits per heavy atom. The molecule has 1 fully saturated rings. The number of halogens is 1. The Balaban J connectivity index is 1.65. The molecule has 2 aromatic carbocycles. The molecule has 1 heterocycles. The van der Waals surface area contributed by atoms with E-state index in [1.807, 2.05) is 61.3 Å². The number of rotatable bonds is 7. The number of fused-ring (bicyclic) bond motifs is 1. The van der Waals surface area contributed by atoms with Crippen LogP contribution in [-0.2, 0) is 4.79 Å². The van der Waals surface area contributed by atoms with Gasteiger partial charge in [0.25, 0.3) is 0 Å². The maximum absolute atomic E-state index is 13.0. The van der Waals surface area contributed by atoms with Gasteiger partial charge in [0.05, 0.1) is 21.0 Å². The molecule has 0 bridgehead atoms. The number of benzene rings is 2. The van der Waals surface area contributed by atoms with E-state index in [4.69, 9.17) is 11.6 Å². The van der Waals surface area contributed by atoms with Crippen LogP contribution >= 0.6 is 34.7 Å². The van der Waals surface area contributed by atoms with Crippen LogP contribution in [0.1, 0.15) is 42.7 Å². The van der Waals surface area contributed by atoms with Gasteiger partial charge in [-0.1, -0.05) is 60.8 Å². The fourth-order valence-corrected chi connectivity index (χ4v) is 6.26. The Labute approximate surface area is 213 Å². The van der Waals surface area contributed by atoms with Crippen LogP contribution in [0.15, 0.2) is 47.5 Å². The van der Waals surface area contributed by atoms with Crippen LogP contribution in [0.4, 0.5) is 5.69 Å². The number of nitriles is 1. The van der Waals surface area contributed by atoms with Crippen LogP contribution < -0.4 is 5.32 Å². The molecule has 5 nitrogen and oxygen atoms in total. The summed E-state index contributed by atoms with van der Waals surface area (Å²) in [4.78, 5) is 19.6. The Hall–Kier alpha value is -2.53. The second-order valence-electron chi connectivity index (χ2n) is 8.43. The Kier molecular flexibility index (Phi) is 8.15. The van der Waals surface area contributed by atoms with Crippen molar-refractivity contribution in [2.45, 2.75) is 45.1 Å². The van der Waals surface area contributed by atoms with Crippen LogP contribution in [0, 0.1) is 18.3 Å². The first-order valence-electron chi connectivity index (χ1n) is 11.4. The van der Waals surface area contributed by atoms with E-state index in [9.17, 15) is 10.1 Å². The number of amides is 1. The maximum atomic E-state index is 13.0. The van der Waals surface area contributed by atoms with Crippen molar-refractivity contribution in [1.29, 1.82) is 5.26 Å². The third kappa shape index (κ3) is 5.57. The molecule has 176 valence electrons. The summed E-state index contributed by atoms with van der Waals surface area (Å²) in [5, 5.41) is 15.4. The van der Waals surface area contributed by atoms with Gasteiger partial charge in [-0.05, 0) is 49.6 Å². The second kappa shape index (κ2) is 11.3. The number of allylic oxidation sites excluding steroid dienone is 1. The van der Waals surface area contributed by atoms with Gasteiger partial charge in [0.2, 0.25) is 5.91 Å². The van der Waals surface area contributed by atoms with Crippen LogP contribution in [0.2, 0.25) is 5.02 Å². The topological polar surface area (TPSA) is 69.0 Å². The van der Waals surface area contributed by atoms with E-state index in [2.05, 4.69) is 16.4 Å². The van der Waals surface area contributed by atoms with Gasteiger partial charge in [0.1, 0.15) is 16.6 Å². The molecular weight excluding hydrogens is 484 g/mol. The molecule has 3 aromatic rings. The summed E-state index contributed by atoms with van der Waals surface area (Å²) in [6, 6.07) is 16.1. The molecule has 0 radical (unpaired) electrons. The monoisotopic (exact) mass is 510 g/mol.